The molecule has 0 unspecified atom stereocenters. The zero-order valence-electron chi connectivity index (χ0n) is 11.2. The number of para-hydroxylation sites is 1. The lowest BCUT2D eigenvalue weighted by molar-refractivity contribution is 0.405. The summed E-state index contributed by atoms with van der Waals surface area (Å²) in [4.78, 5) is 5.70. The van der Waals surface area contributed by atoms with E-state index >= 15 is 0 Å². The van der Waals surface area contributed by atoms with Crippen molar-refractivity contribution in [2.75, 3.05) is 19.0 Å². The summed E-state index contributed by atoms with van der Waals surface area (Å²) >= 11 is 1.74. The van der Waals surface area contributed by atoms with Crippen LogP contribution in [0.3, 0.4) is 0 Å². The van der Waals surface area contributed by atoms with Crippen LogP contribution in [0.4, 0.5) is 5.82 Å². The van der Waals surface area contributed by atoms with E-state index in [1.54, 1.807) is 18.9 Å². The van der Waals surface area contributed by atoms with Crippen LogP contribution < -0.4 is 10.1 Å². The van der Waals surface area contributed by atoms with E-state index in [-0.39, 0.29) is 0 Å². The Kier molecular flexibility index (Phi) is 5.10. The fraction of sp³-hybridized carbons (Fsp3) is 0.267. The van der Waals surface area contributed by atoms with Crippen LogP contribution in [0.15, 0.2) is 47.4 Å². The molecule has 0 fully saturated rings. The molecule has 0 aliphatic carbocycles. The van der Waals surface area contributed by atoms with Gasteiger partial charge < -0.3 is 10.1 Å². The number of ether oxygens (including phenoxy) is 1. The standard InChI is InChI=1S/C15H18N2OS/c1-3-16-15-10-6-7-12(17-15)11-19-14-9-5-4-8-13(14)18-2/h4-10H,3,11H2,1-2H3,(H,16,17). The van der Waals surface area contributed by atoms with Gasteiger partial charge in [0, 0.05) is 17.2 Å². The van der Waals surface area contributed by atoms with Crippen molar-refractivity contribution in [1.82, 2.24) is 4.98 Å². The molecule has 0 aliphatic rings. The Bertz CT molecular complexity index is 531. The first kappa shape index (κ1) is 13.7. The molecule has 2 rings (SSSR count). The van der Waals surface area contributed by atoms with Gasteiger partial charge in [-0.25, -0.2) is 4.98 Å². The number of aromatic nitrogens is 1. The molecule has 0 bridgehead atoms. The van der Waals surface area contributed by atoms with Gasteiger partial charge in [-0.1, -0.05) is 18.2 Å². The van der Waals surface area contributed by atoms with Gasteiger partial charge in [-0.2, -0.15) is 0 Å². The third-order valence-electron chi connectivity index (χ3n) is 2.61. The highest BCUT2D eigenvalue weighted by Gasteiger charge is 2.04. The zero-order valence-corrected chi connectivity index (χ0v) is 12.0. The average molecular weight is 274 g/mol. The van der Waals surface area contributed by atoms with Crippen LogP contribution in [0.5, 0.6) is 5.75 Å². The Balaban J connectivity index is 2.03. The molecule has 1 aromatic heterocycles. The van der Waals surface area contributed by atoms with E-state index in [1.165, 1.54) is 0 Å². The first-order chi connectivity index (χ1) is 9.33. The number of benzene rings is 1. The summed E-state index contributed by atoms with van der Waals surface area (Å²) in [5.74, 6) is 2.68. The van der Waals surface area contributed by atoms with Crippen LogP contribution in [0, 0.1) is 0 Å². The monoisotopic (exact) mass is 274 g/mol. The quantitative estimate of drug-likeness (QED) is 0.812. The normalized spacial score (nSPS) is 10.2. The third-order valence-corrected chi connectivity index (χ3v) is 3.70. The molecule has 0 atom stereocenters. The lowest BCUT2D eigenvalue weighted by Crippen LogP contribution is -2.00. The van der Waals surface area contributed by atoms with Crippen molar-refractivity contribution < 1.29 is 4.74 Å². The molecule has 100 valence electrons. The minimum absolute atomic E-state index is 0.833. The van der Waals surface area contributed by atoms with Crippen molar-refractivity contribution in [1.29, 1.82) is 0 Å². The van der Waals surface area contributed by atoms with Gasteiger partial charge in [-0.15, -0.1) is 11.8 Å². The minimum atomic E-state index is 0.833. The fourth-order valence-electron chi connectivity index (χ4n) is 1.73. The van der Waals surface area contributed by atoms with Crippen LogP contribution in [-0.4, -0.2) is 18.6 Å². The van der Waals surface area contributed by atoms with E-state index in [0.29, 0.717) is 0 Å². The number of hydrogen-bond acceptors (Lipinski definition) is 4. The lowest BCUT2D eigenvalue weighted by Gasteiger charge is -2.08. The molecule has 2 aromatic rings. The molecule has 0 spiro atoms. The minimum Gasteiger partial charge on any atom is -0.496 e. The van der Waals surface area contributed by atoms with Gasteiger partial charge in [-0.05, 0) is 31.2 Å². The van der Waals surface area contributed by atoms with Crippen LogP contribution in [0.2, 0.25) is 0 Å². The second-order valence-corrected chi connectivity index (χ2v) is 5.00. The van der Waals surface area contributed by atoms with Crippen molar-refractivity contribution in [3.8, 4) is 5.75 Å². The molecular weight excluding hydrogens is 256 g/mol. The number of pyridine rings is 1. The number of anilines is 1. The molecule has 0 saturated heterocycles. The smallest absolute Gasteiger partial charge is 0.132 e. The third kappa shape index (κ3) is 3.89. The van der Waals surface area contributed by atoms with Crippen molar-refractivity contribution >= 4 is 17.6 Å². The van der Waals surface area contributed by atoms with E-state index in [9.17, 15) is 0 Å². The Morgan fingerprint density at radius 3 is 2.79 bits per heavy atom. The number of thioether (sulfide) groups is 1. The lowest BCUT2D eigenvalue weighted by atomic mass is 10.3. The van der Waals surface area contributed by atoms with Crippen molar-refractivity contribution in [2.24, 2.45) is 0 Å². The van der Waals surface area contributed by atoms with Crippen molar-refractivity contribution in [3.63, 3.8) is 0 Å². The second kappa shape index (κ2) is 7.04. The number of nitrogens with one attached hydrogen (secondary N) is 1. The molecular formula is C15H18N2OS. The largest absolute Gasteiger partial charge is 0.496 e. The van der Waals surface area contributed by atoms with E-state index in [0.717, 1.165) is 34.5 Å². The maximum absolute atomic E-state index is 5.34. The van der Waals surface area contributed by atoms with Gasteiger partial charge in [0.25, 0.3) is 0 Å². The van der Waals surface area contributed by atoms with Crippen LogP contribution in [-0.2, 0) is 5.75 Å². The van der Waals surface area contributed by atoms with Gasteiger partial charge in [0.15, 0.2) is 0 Å². The average Bonchev–Trinajstić information content (AvgIpc) is 2.46. The fourth-order valence-corrected chi connectivity index (χ4v) is 2.66. The predicted molar refractivity (Wildman–Crippen MR) is 81.0 cm³/mol. The van der Waals surface area contributed by atoms with E-state index in [1.807, 2.05) is 36.4 Å². The maximum atomic E-state index is 5.34. The molecule has 4 heteroatoms. The van der Waals surface area contributed by atoms with Crippen LogP contribution in [0.1, 0.15) is 12.6 Å². The Hall–Kier alpha value is -1.68. The Morgan fingerprint density at radius 2 is 2.00 bits per heavy atom. The first-order valence-electron chi connectivity index (χ1n) is 6.29. The second-order valence-electron chi connectivity index (χ2n) is 3.98. The SMILES string of the molecule is CCNc1cccc(CSc2ccccc2OC)n1. The summed E-state index contributed by atoms with van der Waals surface area (Å²) in [6.07, 6.45) is 0. The number of methoxy groups -OCH3 is 1. The first-order valence-corrected chi connectivity index (χ1v) is 7.27. The molecule has 3 nitrogen and oxygen atoms in total. The number of nitrogens with zero attached hydrogens (tertiary/aromatic N) is 1. The maximum Gasteiger partial charge on any atom is 0.132 e. The molecule has 0 amide bonds. The Labute approximate surface area is 118 Å². The summed E-state index contributed by atoms with van der Waals surface area (Å²) in [6, 6.07) is 14.1. The van der Waals surface area contributed by atoms with Gasteiger partial charge in [0.1, 0.15) is 11.6 Å². The van der Waals surface area contributed by atoms with Crippen molar-refractivity contribution in [2.45, 2.75) is 17.6 Å². The molecule has 1 heterocycles. The van der Waals surface area contributed by atoms with Gasteiger partial charge in [0.2, 0.25) is 0 Å². The van der Waals surface area contributed by atoms with Gasteiger partial charge in [-0.3, -0.25) is 0 Å². The summed E-state index contributed by atoms with van der Waals surface area (Å²) in [7, 11) is 1.70. The number of hydrogen-bond donors (Lipinski definition) is 1. The molecule has 19 heavy (non-hydrogen) atoms. The van der Waals surface area contributed by atoms with E-state index < -0.39 is 0 Å². The van der Waals surface area contributed by atoms with Crippen LogP contribution >= 0.6 is 11.8 Å². The predicted octanol–water partition coefficient (Wildman–Crippen LogP) is 3.81. The highest BCUT2D eigenvalue weighted by molar-refractivity contribution is 7.98. The van der Waals surface area contributed by atoms with E-state index in [4.69, 9.17) is 4.74 Å². The zero-order chi connectivity index (χ0) is 13.5. The molecule has 0 radical (unpaired) electrons. The molecule has 0 saturated carbocycles. The summed E-state index contributed by atoms with van der Waals surface area (Å²) in [5.41, 5.74) is 1.06. The molecule has 0 aliphatic heterocycles. The topological polar surface area (TPSA) is 34.1 Å². The summed E-state index contributed by atoms with van der Waals surface area (Å²) in [6.45, 7) is 2.95. The summed E-state index contributed by atoms with van der Waals surface area (Å²) in [5, 5.41) is 3.22. The van der Waals surface area contributed by atoms with E-state index in [2.05, 4.69) is 23.3 Å². The highest BCUT2D eigenvalue weighted by atomic mass is 32.2. The van der Waals surface area contributed by atoms with Gasteiger partial charge in [0.05, 0.1) is 12.8 Å². The van der Waals surface area contributed by atoms with Gasteiger partial charge >= 0.3 is 0 Å². The highest BCUT2D eigenvalue weighted by Crippen LogP contribution is 2.30. The Morgan fingerprint density at radius 1 is 1.16 bits per heavy atom. The molecule has 1 N–H and O–H groups in total. The van der Waals surface area contributed by atoms with Crippen LogP contribution in [0.25, 0.3) is 0 Å². The number of rotatable bonds is 6. The summed E-state index contributed by atoms with van der Waals surface area (Å²) < 4.78 is 5.34. The molecule has 1 aromatic carbocycles. The van der Waals surface area contributed by atoms with Crippen molar-refractivity contribution in [3.05, 3.63) is 48.2 Å².